The molecule has 0 radical (unpaired) electrons. The number of aromatic nitrogens is 1. The van der Waals surface area contributed by atoms with E-state index in [4.69, 9.17) is 19.0 Å². The van der Waals surface area contributed by atoms with E-state index in [1.165, 1.54) is 5.57 Å². The van der Waals surface area contributed by atoms with Crippen molar-refractivity contribution in [3.05, 3.63) is 71.0 Å². The number of hydrogen-bond donors (Lipinski definition) is 1. The number of carboxylic acids is 1. The topological polar surface area (TPSA) is 85.0 Å². The second-order valence-corrected chi connectivity index (χ2v) is 8.43. The lowest BCUT2D eigenvalue weighted by molar-refractivity contribution is -0.140. The average Bonchev–Trinajstić information content (AvgIpc) is 3.15. The van der Waals surface area contributed by atoms with Crippen LogP contribution in [0.25, 0.3) is 0 Å². The average molecular weight is 439 g/mol. The molecular weight excluding hydrogens is 408 g/mol. The summed E-state index contributed by atoms with van der Waals surface area (Å²) in [6.45, 7) is 6.87. The van der Waals surface area contributed by atoms with Crippen molar-refractivity contribution in [3.63, 3.8) is 0 Å². The van der Waals surface area contributed by atoms with Gasteiger partial charge >= 0.3 is 5.97 Å². The molecule has 1 saturated heterocycles. The minimum Gasteiger partial charge on any atom is -0.487 e. The van der Waals surface area contributed by atoms with Crippen LogP contribution in [0.1, 0.15) is 48.6 Å². The van der Waals surface area contributed by atoms with Crippen molar-refractivity contribution in [3.8, 4) is 5.75 Å². The van der Waals surface area contributed by atoms with E-state index in [1.807, 2.05) is 31.2 Å². The molecular formula is C25H30N2O5. The Bertz CT molecular complexity index is 992. The van der Waals surface area contributed by atoms with Crippen molar-refractivity contribution in [2.24, 2.45) is 0 Å². The van der Waals surface area contributed by atoms with E-state index in [0.717, 1.165) is 41.6 Å². The lowest BCUT2D eigenvalue weighted by Gasteiger charge is -2.34. The molecule has 170 valence electrons. The zero-order chi connectivity index (χ0) is 22.5. The number of aryl methyl sites for hydroxylation is 1. The van der Waals surface area contributed by atoms with Gasteiger partial charge in [0.2, 0.25) is 5.89 Å². The van der Waals surface area contributed by atoms with Gasteiger partial charge in [-0.25, -0.2) is 4.98 Å². The van der Waals surface area contributed by atoms with Gasteiger partial charge in [-0.15, -0.1) is 0 Å². The second-order valence-electron chi connectivity index (χ2n) is 8.43. The van der Waals surface area contributed by atoms with E-state index in [0.29, 0.717) is 26.4 Å². The van der Waals surface area contributed by atoms with E-state index in [9.17, 15) is 4.79 Å². The summed E-state index contributed by atoms with van der Waals surface area (Å²) >= 11 is 0. The Kier molecular flexibility index (Phi) is 7.07. The number of rotatable bonds is 8. The quantitative estimate of drug-likeness (QED) is 0.660. The first-order chi connectivity index (χ1) is 15.5. The molecule has 1 aromatic heterocycles. The third-order valence-electron chi connectivity index (χ3n) is 5.96. The predicted octanol–water partition coefficient (Wildman–Crippen LogP) is 4.23. The van der Waals surface area contributed by atoms with E-state index in [-0.39, 0.29) is 18.4 Å². The van der Waals surface area contributed by atoms with Crippen LogP contribution in [0.5, 0.6) is 5.75 Å². The molecule has 1 aromatic carbocycles. The number of carbonyl (C=O) groups is 1. The Morgan fingerprint density at radius 3 is 2.81 bits per heavy atom. The Morgan fingerprint density at radius 2 is 2.09 bits per heavy atom. The summed E-state index contributed by atoms with van der Waals surface area (Å²) in [6.07, 6.45) is 7.43. The first kappa shape index (κ1) is 22.3. The summed E-state index contributed by atoms with van der Waals surface area (Å²) < 4.78 is 17.3. The fourth-order valence-corrected chi connectivity index (χ4v) is 4.02. The van der Waals surface area contributed by atoms with Gasteiger partial charge in [0, 0.05) is 19.1 Å². The van der Waals surface area contributed by atoms with Crippen LogP contribution in [0.2, 0.25) is 0 Å². The summed E-state index contributed by atoms with van der Waals surface area (Å²) in [7, 11) is 0. The standard InChI is InChI=1S/C25H30N2O5/c1-17-3-7-20(8-4-17)25-26-23(18(2)32-25)16-31-22-9-5-19(6-10-22)14-27-11-12-30-15-21(27)13-24(28)29/h3-7,9-10,20-21H,8,11-16H2,1-2H3,(H,28,29). The zero-order valence-corrected chi connectivity index (χ0v) is 18.6. The minimum atomic E-state index is -0.799. The van der Waals surface area contributed by atoms with Crippen molar-refractivity contribution in [2.75, 3.05) is 19.8 Å². The van der Waals surface area contributed by atoms with Crippen molar-refractivity contribution in [1.29, 1.82) is 0 Å². The highest BCUT2D eigenvalue weighted by molar-refractivity contribution is 5.67. The summed E-state index contributed by atoms with van der Waals surface area (Å²) in [6, 6.07) is 7.82. The highest BCUT2D eigenvalue weighted by Crippen LogP contribution is 2.28. The molecule has 7 nitrogen and oxygen atoms in total. The maximum absolute atomic E-state index is 11.1. The number of ether oxygens (including phenoxy) is 2. The van der Waals surface area contributed by atoms with Gasteiger partial charge in [0.05, 0.1) is 25.6 Å². The van der Waals surface area contributed by atoms with Gasteiger partial charge in [-0.3, -0.25) is 9.69 Å². The molecule has 1 N–H and O–H groups in total. The van der Waals surface area contributed by atoms with E-state index < -0.39 is 5.97 Å². The molecule has 0 bridgehead atoms. The van der Waals surface area contributed by atoms with Gasteiger partial charge in [-0.1, -0.05) is 35.9 Å². The van der Waals surface area contributed by atoms with Crippen molar-refractivity contribution >= 4 is 5.97 Å². The molecule has 0 amide bonds. The summed E-state index contributed by atoms with van der Waals surface area (Å²) in [4.78, 5) is 17.9. The fraction of sp³-hybridized carbons (Fsp3) is 0.440. The minimum absolute atomic E-state index is 0.0901. The monoisotopic (exact) mass is 438 g/mol. The van der Waals surface area contributed by atoms with Gasteiger partial charge in [-0.05, 0) is 38.0 Å². The van der Waals surface area contributed by atoms with Crippen molar-refractivity contribution in [2.45, 2.75) is 51.8 Å². The molecule has 2 atom stereocenters. The van der Waals surface area contributed by atoms with Crippen LogP contribution in [0.4, 0.5) is 0 Å². The van der Waals surface area contributed by atoms with Crippen LogP contribution in [0.15, 0.2) is 52.5 Å². The molecule has 32 heavy (non-hydrogen) atoms. The van der Waals surface area contributed by atoms with Crippen LogP contribution in [-0.4, -0.2) is 46.8 Å². The van der Waals surface area contributed by atoms with Crippen LogP contribution < -0.4 is 4.74 Å². The fourth-order valence-electron chi connectivity index (χ4n) is 4.02. The number of carboxylic acid groups (broad SMARTS) is 1. The van der Waals surface area contributed by atoms with E-state index in [1.54, 1.807) is 0 Å². The number of morpholine rings is 1. The Hall–Kier alpha value is -2.90. The van der Waals surface area contributed by atoms with Crippen LogP contribution in [-0.2, 0) is 22.7 Å². The normalized spacial score (nSPS) is 21.4. The maximum Gasteiger partial charge on any atom is 0.305 e. The second kappa shape index (κ2) is 10.1. The van der Waals surface area contributed by atoms with Crippen LogP contribution in [0.3, 0.4) is 0 Å². The first-order valence-corrected chi connectivity index (χ1v) is 11.0. The SMILES string of the molecule is CC1=CCC(c2nc(COc3ccc(CN4CCOCC4CC(=O)O)cc3)c(C)o2)C=C1. The molecule has 2 unspecified atom stereocenters. The highest BCUT2D eigenvalue weighted by Gasteiger charge is 2.25. The van der Waals surface area contributed by atoms with Crippen LogP contribution >= 0.6 is 0 Å². The van der Waals surface area contributed by atoms with Crippen LogP contribution in [0, 0.1) is 6.92 Å². The predicted molar refractivity (Wildman–Crippen MR) is 120 cm³/mol. The molecule has 2 aliphatic rings. The van der Waals surface area contributed by atoms with E-state index >= 15 is 0 Å². The van der Waals surface area contributed by atoms with Gasteiger partial charge in [0.25, 0.3) is 0 Å². The summed E-state index contributed by atoms with van der Waals surface area (Å²) in [5.41, 5.74) is 3.19. The lowest BCUT2D eigenvalue weighted by Crippen LogP contribution is -2.45. The molecule has 4 rings (SSSR count). The Labute approximate surface area is 188 Å². The van der Waals surface area contributed by atoms with Gasteiger partial charge in [-0.2, -0.15) is 0 Å². The molecule has 1 aliphatic carbocycles. The molecule has 7 heteroatoms. The number of aliphatic carboxylic acids is 1. The molecule has 1 fully saturated rings. The molecule has 1 aliphatic heterocycles. The van der Waals surface area contributed by atoms with Gasteiger partial charge in [0.1, 0.15) is 23.8 Å². The molecule has 0 spiro atoms. The number of benzene rings is 1. The van der Waals surface area contributed by atoms with Gasteiger partial charge < -0.3 is 19.0 Å². The van der Waals surface area contributed by atoms with Crippen molar-refractivity contribution < 1.29 is 23.8 Å². The van der Waals surface area contributed by atoms with Gasteiger partial charge in [0.15, 0.2) is 0 Å². The number of oxazole rings is 1. The molecule has 2 aromatic rings. The highest BCUT2D eigenvalue weighted by atomic mass is 16.5. The smallest absolute Gasteiger partial charge is 0.305 e. The number of hydrogen-bond acceptors (Lipinski definition) is 6. The van der Waals surface area contributed by atoms with Crippen molar-refractivity contribution in [1.82, 2.24) is 9.88 Å². The molecule has 2 heterocycles. The third kappa shape index (κ3) is 5.66. The lowest BCUT2D eigenvalue weighted by atomic mass is 9.97. The summed E-state index contributed by atoms with van der Waals surface area (Å²) in [5.74, 6) is 1.66. The first-order valence-electron chi connectivity index (χ1n) is 11.0. The summed E-state index contributed by atoms with van der Waals surface area (Å²) in [5, 5.41) is 9.13. The Morgan fingerprint density at radius 1 is 1.28 bits per heavy atom. The molecule has 0 saturated carbocycles. The third-order valence-corrected chi connectivity index (χ3v) is 5.96. The number of nitrogens with zero attached hydrogens (tertiary/aromatic N) is 2. The maximum atomic E-state index is 11.1. The number of allylic oxidation sites excluding steroid dienone is 4. The Balaban J connectivity index is 1.32. The zero-order valence-electron chi connectivity index (χ0n) is 18.6. The van der Waals surface area contributed by atoms with E-state index in [2.05, 4.69) is 35.0 Å². The largest absolute Gasteiger partial charge is 0.487 e.